The van der Waals surface area contributed by atoms with Gasteiger partial charge in [-0.05, 0) is 47.2 Å². The SMILES string of the molecule is O=C(N/N=C/c1c(OC(=O)c2ccccc2)ccc2ccccc12)C(=O)Nc1cc(Cl)ccc1Cl. The molecule has 0 radical (unpaired) electrons. The summed E-state index contributed by atoms with van der Waals surface area (Å²) >= 11 is 11.9. The number of carbonyl (C=O) groups is 3. The van der Waals surface area contributed by atoms with Crippen LogP contribution in [-0.4, -0.2) is 24.0 Å². The Morgan fingerprint density at radius 1 is 0.829 bits per heavy atom. The van der Waals surface area contributed by atoms with Crippen LogP contribution in [-0.2, 0) is 9.59 Å². The van der Waals surface area contributed by atoms with Gasteiger partial charge in [-0.3, -0.25) is 9.59 Å². The standard InChI is InChI=1S/C26H17Cl2N3O4/c27-18-11-12-21(28)22(14-18)30-24(32)25(33)31-29-15-20-19-9-5-4-6-16(19)10-13-23(20)35-26(34)17-7-2-1-3-8-17/h1-15H,(H,30,32)(H,31,33)/b29-15+. The molecule has 174 valence electrons. The molecule has 4 rings (SSSR count). The summed E-state index contributed by atoms with van der Waals surface area (Å²) in [5, 5.41) is 8.44. The Kier molecular flexibility index (Phi) is 7.40. The molecule has 0 saturated heterocycles. The second-order valence-electron chi connectivity index (χ2n) is 7.23. The summed E-state index contributed by atoms with van der Waals surface area (Å²) in [5.41, 5.74) is 3.18. The largest absolute Gasteiger partial charge is 0.422 e. The van der Waals surface area contributed by atoms with Crippen LogP contribution in [0.15, 0.2) is 90.0 Å². The van der Waals surface area contributed by atoms with Gasteiger partial charge in [-0.1, -0.05) is 71.7 Å². The zero-order chi connectivity index (χ0) is 24.8. The number of hydrazone groups is 1. The molecule has 0 aliphatic carbocycles. The first kappa shape index (κ1) is 23.9. The highest BCUT2D eigenvalue weighted by Gasteiger charge is 2.16. The molecule has 0 bridgehead atoms. The second kappa shape index (κ2) is 10.8. The molecule has 9 heteroatoms. The van der Waals surface area contributed by atoms with E-state index in [1.807, 2.05) is 24.3 Å². The molecular weight excluding hydrogens is 489 g/mol. The number of benzene rings is 4. The maximum Gasteiger partial charge on any atom is 0.343 e. The third-order valence-corrected chi connectivity index (χ3v) is 5.45. The number of hydrogen-bond acceptors (Lipinski definition) is 5. The number of nitrogens with one attached hydrogen (secondary N) is 2. The van der Waals surface area contributed by atoms with Crippen LogP contribution >= 0.6 is 23.2 Å². The third-order valence-electron chi connectivity index (χ3n) is 4.89. The fourth-order valence-electron chi connectivity index (χ4n) is 3.21. The van der Waals surface area contributed by atoms with Crippen LogP contribution in [0.25, 0.3) is 10.8 Å². The molecule has 4 aromatic carbocycles. The first-order valence-corrected chi connectivity index (χ1v) is 11.1. The van der Waals surface area contributed by atoms with Gasteiger partial charge in [-0.25, -0.2) is 10.2 Å². The number of nitrogens with zero attached hydrogens (tertiary/aromatic N) is 1. The van der Waals surface area contributed by atoms with Gasteiger partial charge in [0.05, 0.1) is 22.5 Å². The fraction of sp³-hybridized carbons (Fsp3) is 0. The number of amides is 2. The predicted molar refractivity (Wildman–Crippen MR) is 136 cm³/mol. The number of ether oxygens (including phenoxy) is 1. The van der Waals surface area contributed by atoms with E-state index in [2.05, 4.69) is 15.8 Å². The zero-order valence-corrected chi connectivity index (χ0v) is 19.5. The van der Waals surface area contributed by atoms with Gasteiger partial charge in [0.15, 0.2) is 0 Å². The van der Waals surface area contributed by atoms with Crippen molar-refractivity contribution >= 4 is 63.7 Å². The molecule has 0 heterocycles. The summed E-state index contributed by atoms with van der Waals surface area (Å²) in [6, 6.07) is 23.9. The molecule has 0 saturated carbocycles. The van der Waals surface area contributed by atoms with E-state index in [9.17, 15) is 14.4 Å². The first-order chi connectivity index (χ1) is 16.9. The topological polar surface area (TPSA) is 96.9 Å². The van der Waals surface area contributed by atoms with Crippen molar-refractivity contribution in [2.45, 2.75) is 0 Å². The maximum absolute atomic E-state index is 12.6. The van der Waals surface area contributed by atoms with Gasteiger partial charge in [0.25, 0.3) is 0 Å². The summed E-state index contributed by atoms with van der Waals surface area (Å²) in [7, 11) is 0. The van der Waals surface area contributed by atoms with Crippen molar-refractivity contribution in [2.24, 2.45) is 5.10 Å². The number of hydrogen-bond donors (Lipinski definition) is 2. The van der Waals surface area contributed by atoms with Crippen molar-refractivity contribution in [1.29, 1.82) is 0 Å². The van der Waals surface area contributed by atoms with Crippen molar-refractivity contribution in [1.82, 2.24) is 5.43 Å². The van der Waals surface area contributed by atoms with Crippen molar-refractivity contribution in [3.05, 3.63) is 106 Å². The highest BCUT2D eigenvalue weighted by atomic mass is 35.5. The summed E-state index contributed by atoms with van der Waals surface area (Å²) in [5.74, 6) is -2.32. The molecule has 0 spiro atoms. The summed E-state index contributed by atoms with van der Waals surface area (Å²) in [4.78, 5) is 37.1. The molecular formula is C26H17Cl2N3O4. The molecule has 0 aromatic heterocycles. The fourth-order valence-corrected chi connectivity index (χ4v) is 3.55. The lowest BCUT2D eigenvalue weighted by atomic mass is 10.0. The van der Waals surface area contributed by atoms with Crippen molar-refractivity contribution in [3.8, 4) is 5.75 Å². The molecule has 2 amide bonds. The molecule has 0 aliphatic heterocycles. The van der Waals surface area contributed by atoms with Crippen LogP contribution < -0.4 is 15.5 Å². The lowest BCUT2D eigenvalue weighted by Crippen LogP contribution is -2.32. The van der Waals surface area contributed by atoms with Gasteiger partial charge in [0.1, 0.15) is 5.75 Å². The number of rotatable bonds is 5. The number of carbonyl (C=O) groups excluding carboxylic acids is 3. The van der Waals surface area contributed by atoms with E-state index in [-0.39, 0.29) is 16.5 Å². The van der Waals surface area contributed by atoms with Crippen LogP contribution in [0.2, 0.25) is 10.0 Å². The summed E-state index contributed by atoms with van der Waals surface area (Å²) in [6.07, 6.45) is 1.31. The van der Waals surface area contributed by atoms with Gasteiger partial charge in [-0.2, -0.15) is 5.10 Å². The number of halogens is 2. The van der Waals surface area contributed by atoms with Crippen molar-refractivity contribution < 1.29 is 19.1 Å². The lowest BCUT2D eigenvalue weighted by molar-refractivity contribution is -0.136. The van der Waals surface area contributed by atoms with Gasteiger partial charge < -0.3 is 10.1 Å². The van der Waals surface area contributed by atoms with E-state index in [1.165, 1.54) is 18.3 Å². The lowest BCUT2D eigenvalue weighted by Gasteiger charge is -2.10. The Labute approximate surface area is 210 Å². The zero-order valence-electron chi connectivity index (χ0n) is 18.0. The summed E-state index contributed by atoms with van der Waals surface area (Å²) in [6.45, 7) is 0. The number of anilines is 1. The van der Waals surface area contributed by atoms with Gasteiger partial charge in [0.2, 0.25) is 0 Å². The first-order valence-electron chi connectivity index (χ1n) is 10.3. The van der Waals surface area contributed by atoms with E-state index < -0.39 is 17.8 Å². The summed E-state index contributed by atoms with van der Waals surface area (Å²) < 4.78 is 5.60. The van der Waals surface area contributed by atoms with Crippen LogP contribution in [0.5, 0.6) is 5.75 Å². The van der Waals surface area contributed by atoms with Gasteiger partial charge in [-0.15, -0.1) is 0 Å². The second-order valence-corrected chi connectivity index (χ2v) is 8.08. The Bertz CT molecular complexity index is 1460. The molecule has 0 unspecified atom stereocenters. The minimum absolute atomic E-state index is 0.187. The average molecular weight is 506 g/mol. The predicted octanol–water partition coefficient (Wildman–Crippen LogP) is 5.45. The quantitative estimate of drug-likeness (QED) is 0.124. The normalized spacial score (nSPS) is 10.8. The Morgan fingerprint density at radius 2 is 1.57 bits per heavy atom. The number of fused-ring (bicyclic) bond motifs is 1. The average Bonchev–Trinajstić information content (AvgIpc) is 2.87. The molecule has 0 fully saturated rings. The van der Waals surface area contributed by atoms with E-state index >= 15 is 0 Å². The molecule has 4 aromatic rings. The highest BCUT2D eigenvalue weighted by molar-refractivity contribution is 6.42. The highest BCUT2D eigenvalue weighted by Crippen LogP contribution is 2.28. The monoisotopic (exact) mass is 505 g/mol. The van der Waals surface area contributed by atoms with Gasteiger partial charge >= 0.3 is 17.8 Å². The van der Waals surface area contributed by atoms with Crippen molar-refractivity contribution in [2.75, 3.05) is 5.32 Å². The molecule has 7 nitrogen and oxygen atoms in total. The van der Waals surface area contributed by atoms with Crippen LogP contribution in [0.3, 0.4) is 0 Å². The van der Waals surface area contributed by atoms with E-state index in [4.69, 9.17) is 27.9 Å². The maximum atomic E-state index is 12.6. The minimum Gasteiger partial charge on any atom is -0.422 e. The van der Waals surface area contributed by atoms with Crippen LogP contribution in [0.1, 0.15) is 15.9 Å². The Hall–Kier alpha value is -4.20. The van der Waals surface area contributed by atoms with E-state index in [0.29, 0.717) is 16.1 Å². The van der Waals surface area contributed by atoms with Crippen LogP contribution in [0, 0.1) is 0 Å². The minimum atomic E-state index is -1.03. The van der Waals surface area contributed by atoms with E-state index in [1.54, 1.807) is 48.5 Å². The van der Waals surface area contributed by atoms with Crippen LogP contribution in [0.4, 0.5) is 5.69 Å². The Morgan fingerprint density at radius 3 is 2.37 bits per heavy atom. The molecule has 0 atom stereocenters. The Balaban J connectivity index is 1.54. The molecule has 35 heavy (non-hydrogen) atoms. The van der Waals surface area contributed by atoms with Crippen molar-refractivity contribution in [3.63, 3.8) is 0 Å². The smallest absolute Gasteiger partial charge is 0.343 e. The third kappa shape index (κ3) is 5.84. The van der Waals surface area contributed by atoms with Gasteiger partial charge in [0, 0.05) is 10.6 Å². The van der Waals surface area contributed by atoms with E-state index in [0.717, 1.165) is 10.8 Å². The molecule has 0 aliphatic rings. The number of esters is 1. The molecule has 2 N–H and O–H groups in total.